The van der Waals surface area contributed by atoms with Crippen LogP contribution in [0.2, 0.25) is 0 Å². The summed E-state index contributed by atoms with van der Waals surface area (Å²) in [7, 11) is 0. The highest BCUT2D eigenvalue weighted by Gasteiger charge is 2.44. The molecule has 1 saturated heterocycles. The Morgan fingerprint density at radius 2 is 1.02 bits per heavy atom. The van der Waals surface area contributed by atoms with Gasteiger partial charge in [-0.05, 0) is 32.1 Å². The Balaban J connectivity index is 2.37. The van der Waals surface area contributed by atoms with E-state index in [1.165, 1.54) is 122 Å². The fourth-order valence-electron chi connectivity index (χ4n) is 7.77. The molecule has 344 valence electrons. The van der Waals surface area contributed by atoms with E-state index in [1.54, 1.807) is 0 Å². The molecule has 0 aromatic rings. The van der Waals surface area contributed by atoms with E-state index in [2.05, 4.69) is 31.3 Å². The van der Waals surface area contributed by atoms with Crippen molar-refractivity contribution in [2.75, 3.05) is 13.2 Å². The monoisotopic (exact) mass is 830 g/mol. The van der Waals surface area contributed by atoms with Gasteiger partial charge in [-0.1, -0.05) is 193 Å². The number of aliphatic hydroxyl groups is 7. The normalized spacial score (nSPS) is 22.0. The van der Waals surface area contributed by atoms with E-state index in [0.29, 0.717) is 19.3 Å². The molecule has 0 aromatic heterocycles. The van der Waals surface area contributed by atoms with Crippen LogP contribution in [0.3, 0.4) is 0 Å². The fraction of sp³-hybridized carbons (Fsp3) is 0.936. The van der Waals surface area contributed by atoms with Crippen LogP contribution >= 0.6 is 0 Å². The highest BCUT2D eigenvalue weighted by molar-refractivity contribution is 5.80. The van der Waals surface area contributed by atoms with Gasteiger partial charge in [0.05, 0.1) is 25.4 Å². The number of rotatable bonds is 40. The molecule has 0 spiro atoms. The minimum Gasteiger partial charge on any atom is -0.394 e. The summed E-state index contributed by atoms with van der Waals surface area (Å²) in [4.78, 5) is 13.0. The van der Waals surface area contributed by atoms with E-state index in [1.807, 2.05) is 0 Å². The highest BCUT2D eigenvalue weighted by atomic mass is 16.7. The van der Waals surface area contributed by atoms with Gasteiger partial charge in [-0.3, -0.25) is 4.79 Å². The van der Waals surface area contributed by atoms with E-state index >= 15 is 0 Å². The van der Waals surface area contributed by atoms with Crippen molar-refractivity contribution in [1.29, 1.82) is 0 Å². The topological polar surface area (TPSA) is 189 Å². The molecular weight excluding hydrogens is 739 g/mol. The Hall–Kier alpha value is -1.15. The summed E-state index contributed by atoms with van der Waals surface area (Å²) in [6, 6.07) is -1.17. The molecule has 1 amide bonds. The van der Waals surface area contributed by atoms with E-state index in [9.17, 15) is 40.5 Å². The van der Waals surface area contributed by atoms with Crippen molar-refractivity contribution in [3.63, 3.8) is 0 Å². The lowest BCUT2D eigenvalue weighted by molar-refractivity contribution is -0.303. The molecule has 0 radical (unpaired) electrons. The number of nitrogens with one attached hydrogen (secondary N) is 1. The Bertz CT molecular complexity index is 954. The van der Waals surface area contributed by atoms with E-state index in [4.69, 9.17) is 9.47 Å². The number of amides is 1. The zero-order valence-corrected chi connectivity index (χ0v) is 37.0. The van der Waals surface area contributed by atoms with Gasteiger partial charge in [-0.25, -0.2) is 0 Å². The number of carbonyl (C=O) groups is 1. The smallest absolute Gasteiger partial charge is 0.249 e. The van der Waals surface area contributed by atoms with Crippen LogP contribution in [0.25, 0.3) is 0 Å². The first-order valence-electron chi connectivity index (χ1n) is 24.1. The van der Waals surface area contributed by atoms with Crippen LogP contribution in [0, 0.1) is 0 Å². The average Bonchev–Trinajstić information content (AvgIpc) is 3.22. The van der Waals surface area contributed by atoms with Gasteiger partial charge < -0.3 is 50.5 Å². The van der Waals surface area contributed by atoms with Crippen LogP contribution in [-0.4, -0.2) is 110 Å². The molecule has 9 unspecified atom stereocenters. The minimum atomic E-state index is -1.66. The molecule has 1 aliphatic heterocycles. The third-order valence-electron chi connectivity index (χ3n) is 11.8. The van der Waals surface area contributed by atoms with E-state index in [-0.39, 0.29) is 6.42 Å². The molecule has 8 N–H and O–H groups in total. The third kappa shape index (κ3) is 26.9. The van der Waals surface area contributed by atoms with Crippen LogP contribution in [0.5, 0.6) is 0 Å². The molecule has 11 nitrogen and oxygen atoms in total. The average molecular weight is 830 g/mol. The van der Waals surface area contributed by atoms with Crippen molar-refractivity contribution in [3.8, 4) is 0 Å². The highest BCUT2D eigenvalue weighted by Crippen LogP contribution is 2.23. The second-order valence-electron chi connectivity index (χ2n) is 17.2. The number of ether oxygens (including phenoxy) is 2. The predicted octanol–water partition coefficient (Wildman–Crippen LogP) is 8.06. The Morgan fingerprint density at radius 1 is 0.586 bits per heavy atom. The summed E-state index contributed by atoms with van der Waals surface area (Å²) >= 11 is 0. The van der Waals surface area contributed by atoms with Crippen LogP contribution < -0.4 is 5.32 Å². The van der Waals surface area contributed by atoms with E-state index < -0.39 is 74.2 Å². The number of carbonyl (C=O) groups excluding carboxylic acids is 1. The first-order valence-corrected chi connectivity index (χ1v) is 24.1. The molecular formula is C47H91NO10. The number of unbranched alkanes of at least 4 members (excludes halogenated alkanes) is 26. The molecule has 1 fully saturated rings. The summed E-state index contributed by atoms with van der Waals surface area (Å²) in [5.41, 5.74) is 0. The molecule has 0 bridgehead atoms. The number of aliphatic hydroxyl groups excluding tert-OH is 7. The number of hydrogen-bond donors (Lipinski definition) is 8. The third-order valence-corrected chi connectivity index (χ3v) is 11.8. The van der Waals surface area contributed by atoms with Crippen molar-refractivity contribution in [1.82, 2.24) is 5.32 Å². The van der Waals surface area contributed by atoms with Gasteiger partial charge in [0.2, 0.25) is 5.91 Å². The van der Waals surface area contributed by atoms with Crippen LogP contribution in [0.15, 0.2) is 12.2 Å². The SMILES string of the molecule is CCCC/C=C\CCCCCCC(O)C(=O)NC(COC1OC(CO)C(O)C(O)C1O)C(O)C(O)CCCCCCCCCCCCCCCCCCCCCCC. The molecule has 1 rings (SSSR count). The van der Waals surface area contributed by atoms with Crippen molar-refractivity contribution in [2.24, 2.45) is 0 Å². The quantitative estimate of drug-likeness (QED) is 0.0222. The van der Waals surface area contributed by atoms with Gasteiger partial charge in [0.1, 0.15) is 36.6 Å². The minimum absolute atomic E-state index is 0.247. The molecule has 11 heteroatoms. The second-order valence-corrected chi connectivity index (χ2v) is 17.2. The number of hydrogen-bond acceptors (Lipinski definition) is 10. The van der Waals surface area contributed by atoms with Crippen molar-refractivity contribution in [2.45, 2.75) is 268 Å². The maximum absolute atomic E-state index is 13.0. The van der Waals surface area contributed by atoms with Crippen molar-refractivity contribution < 1.29 is 50.0 Å². The summed E-state index contributed by atoms with van der Waals surface area (Å²) in [6.07, 6.45) is 28.5. The van der Waals surface area contributed by atoms with Gasteiger partial charge in [-0.15, -0.1) is 0 Å². The summed E-state index contributed by atoms with van der Waals surface area (Å²) in [5.74, 6) is -0.707. The van der Waals surface area contributed by atoms with Gasteiger partial charge in [0.15, 0.2) is 6.29 Å². The van der Waals surface area contributed by atoms with Gasteiger partial charge in [-0.2, -0.15) is 0 Å². The first kappa shape index (κ1) is 54.9. The second kappa shape index (κ2) is 37.6. The largest absolute Gasteiger partial charge is 0.394 e. The van der Waals surface area contributed by atoms with E-state index in [0.717, 1.165) is 51.4 Å². The van der Waals surface area contributed by atoms with Crippen LogP contribution in [0.1, 0.15) is 213 Å². The summed E-state index contributed by atoms with van der Waals surface area (Å²) in [5, 5.41) is 75.6. The summed E-state index contributed by atoms with van der Waals surface area (Å²) in [6.45, 7) is 3.39. The van der Waals surface area contributed by atoms with Gasteiger partial charge >= 0.3 is 0 Å². The molecule has 9 atom stereocenters. The number of allylic oxidation sites excluding steroid dienone is 2. The molecule has 58 heavy (non-hydrogen) atoms. The molecule has 1 aliphatic rings. The molecule has 0 saturated carbocycles. The first-order chi connectivity index (χ1) is 28.2. The van der Waals surface area contributed by atoms with Crippen LogP contribution in [-0.2, 0) is 14.3 Å². The zero-order valence-electron chi connectivity index (χ0n) is 37.0. The molecule has 0 aromatic carbocycles. The predicted molar refractivity (Wildman–Crippen MR) is 233 cm³/mol. The summed E-state index contributed by atoms with van der Waals surface area (Å²) < 4.78 is 11.1. The Labute approximate surface area is 353 Å². The van der Waals surface area contributed by atoms with Crippen molar-refractivity contribution in [3.05, 3.63) is 12.2 Å². The van der Waals surface area contributed by atoms with Gasteiger partial charge in [0.25, 0.3) is 0 Å². The fourth-order valence-corrected chi connectivity index (χ4v) is 7.77. The maximum atomic E-state index is 13.0. The standard InChI is InChI=1S/C47H91NO10/c1-3-5-7-9-11-13-15-16-17-18-19-20-21-22-23-24-25-27-28-30-32-34-39(50)42(52)38(37-57-47-45(55)44(54)43(53)41(36-49)58-47)48-46(56)40(51)35-33-31-29-26-14-12-10-8-6-4-2/h10,12,38-45,47,49-55H,3-9,11,13-37H2,1-2H3,(H,48,56)/b12-10-. The lowest BCUT2D eigenvalue weighted by atomic mass is 9.98. The molecule has 1 heterocycles. The lowest BCUT2D eigenvalue weighted by Crippen LogP contribution is -2.60. The van der Waals surface area contributed by atoms with Crippen molar-refractivity contribution >= 4 is 5.91 Å². The Morgan fingerprint density at radius 3 is 1.50 bits per heavy atom. The molecule has 0 aliphatic carbocycles. The van der Waals surface area contributed by atoms with Gasteiger partial charge in [0, 0.05) is 0 Å². The zero-order chi connectivity index (χ0) is 42.6. The Kier molecular flexibility index (Phi) is 35.6. The lowest BCUT2D eigenvalue weighted by Gasteiger charge is -2.40. The van der Waals surface area contributed by atoms with Crippen LogP contribution in [0.4, 0.5) is 0 Å². The maximum Gasteiger partial charge on any atom is 0.249 e.